The summed E-state index contributed by atoms with van der Waals surface area (Å²) in [5.41, 5.74) is 0.852. The Bertz CT molecular complexity index is 356. The lowest BCUT2D eigenvalue weighted by Crippen LogP contribution is -2.15. The molecule has 15 heavy (non-hydrogen) atoms. The molecule has 82 valence electrons. The van der Waals surface area contributed by atoms with Gasteiger partial charge in [-0.25, -0.2) is 4.39 Å². The lowest BCUT2D eigenvalue weighted by Gasteiger charge is -2.11. The molecule has 0 spiro atoms. The van der Waals surface area contributed by atoms with Crippen LogP contribution in [0.25, 0.3) is 0 Å². The lowest BCUT2D eigenvalue weighted by atomic mass is 10.0. The van der Waals surface area contributed by atoms with Crippen LogP contribution in [0.4, 0.5) is 4.39 Å². The molecular weight excluding hydrogens is 197 g/mol. The number of aliphatic hydroxyl groups is 1. The molecule has 2 N–H and O–H groups in total. The van der Waals surface area contributed by atoms with Crippen LogP contribution in [-0.2, 0) is 0 Å². The van der Waals surface area contributed by atoms with Crippen molar-refractivity contribution in [3.8, 4) is 5.75 Å². The lowest BCUT2D eigenvalue weighted by molar-refractivity contribution is 0.193. The number of halogens is 1. The molecule has 0 aliphatic carbocycles. The van der Waals surface area contributed by atoms with Gasteiger partial charge in [-0.3, -0.25) is 0 Å². The Morgan fingerprint density at radius 1 is 1.53 bits per heavy atom. The van der Waals surface area contributed by atoms with Gasteiger partial charge < -0.3 is 15.2 Å². The van der Waals surface area contributed by atoms with E-state index in [0.29, 0.717) is 13.0 Å². The first-order chi connectivity index (χ1) is 7.20. The van der Waals surface area contributed by atoms with E-state index in [1.54, 1.807) is 6.07 Å². The minimum absolute atomic E-state index is 0.0420. The first-order valence-electron chi connectivity index (χ1n) is 4.95. The van der Waals surface area contributed by atoms with Crippen LogP contribution >= 0.6 is 0 Å². The number of ether oxygens (including phenoxy) is 1. The molecule has 1 aromatic carbocycles. The standard InChI is InChI=1S/C11H14FNO2/c1-15-11-3-2-7(4-9(11)12)10-5-8(14)6-13-10/h2-4,8,10,13-14H,5-6H2,1H3. The molecule has 2 atom stereocenters. The van der Waals surface area contributed by atoms with Crippen LogP contribution in [0.15, 0.2) is 18.2 Å². The maximum absolute atomic E-state index is 13.4. The van der Waals surface area contributed by atoms with Crippen LogP contribution in [0.3, 0.4) is 0 Å². The van der Waals surface area contributed by atoms with Gasteiger partial charge in [0.25, 0.3) is 0 Å². The molecule has 1 saturated heterocycles. The molecule has 1 aliphatic heterocycles. The monoisotopic (exact) mass is 211 g/mol. The Balaban J connectivity index is 2.19. The van der Waals surface area contributed by atoms with Gasteiger partial charge in [0, 0.05) is 12.6 Å². The zero-order valence-electron chi connectivity index (χ0n) is 8.53. The smallest absolute Gasteiger partial charge is 0.165 e. The summed E-state index contributed by atoms with van der Waals surface area (Å²) >= 11 is 0. The highest BCUT2D eigenvalue weighted by molar-refractivity contribution is 5.31. The number of hydrogen-bond donors (Lipinski definition) is 2. The van der Waals surface area contributed by atoms with Crippen molar-refractivity contribution in [2.24, 2.45) is 0 Å². The highest BCUT2D eigenvalue weighted by Crippen LogP contribution is 2.27. The predicted molar refractivity (Wildman–Crippen MR) is 54.3 cm³/mol. The van der Waals surface area contributed by atoms with E-state index in [4.69, 9.17) is 4.74 Å². The van der Waals surface area contributed by atoms with E-state index < -0.39 is 0 Å². The van der Waals surface area contributed by atoms with Gasteiger partial charge in [0.05, 0.1) is 13.2 Å². The van der Waals surface area contributed by atoms with Gasteiger partial charge in [0.2, 0.25) is 0 Å². The molecule has 0 aromatic heterocycles. The van der Waals surface area contributed by atoms with Gasteiger partial charge in [-0.1, -0.05) is 6.07 Å². The summed E-state index contributed by atoms with van der Waals surface area (Å²) in [6.45, 7) is 0.568. The topological polar surface area (TPSA) is 41.5 Å². The van der Waals surface area contributed by atoms with Crippen molar-refractivity contribution in [3.05, 3.63) is 29.6 Å². The number of benzene rings is 1. The average Bonchev–Trinajstić information content (AvgIpc) is 2.65. The third kappa shape index (κ3) is 2.11. The van der Waals surface area contributed by atoms with E-state index in [1.165, 1.54) is 13.2 Å². The second-order valence-electron chi connectivity index (χ2n) is 3.74. The molecule has 0 bridgehead atoms. The summed E-state index contributed by atoms with van der Waals surface area (Å²) in [6.07, 6.45) is 0.298. The van der Waals surface area contributed by atoms with E-state index in [2.05, 4.69) is 5.32 Å². The van der Waals surface area contributed by atoms with Crippen LogP contribution in [0.1, 0.15) is 18.0 Å². The molecule has 2 rings (SSSR count). The molecule has 1 aromatic rings. The first kappa shape index (κ1) is 10.4. The van der Waals surface area contributed by atoms with Crippen LogP contribution in [0.2, 0.25) is 0 Å². The summed E-state index contributed by atoms with van der Waals surface area (Å²) < 4.78 is 18.2. The fourth-order valence-electron chi connectivity index (χ4n) is 1.87. The molecule has 2 unspecified atom stereocenters. The molecule has 4 heteroatoms. The maximum atomic E-state index is 13.4. The normalized spacial score (nSPS) is 25.5. The van der Waals surface area contributed by atoms with E-state index in [9.17, 15) is 9.50 Å². The number of rotatable bonds is 2. The summed E-state index contributed by atoms with van der Waals surface area (Å²) in [6, 6.07) is 4.92. The Morgan fingerprint density at radius 2 is 2.33 bits per heavy atom. The third-order valence-corrected chi connectivity index (χ3v) is 2.69. The van der Waals surface area contributed by atoms with Crippen molar-refractivity contribution in [2.45, 2.75) is 18.6 Å². The Hall–Kier alpha value is -1.13. The molecular formula is C11H14FNO2. The van der Waals surface area contributed by atoms with Crippen molar-refractivity contribution in [3.63, 3.8) is 0 Å². The van der Waals surface area contributed by atoms with Gasteiger partial charge in [-0.2, -0.15) is 0 Å². The quantitative estimate of drug-likeness (QED) is 0.773. The van der Waals surface area contributed by atoms with Gasteiger partial charge in [0.15, 0.2) is 11.6 Å². The summed E-state index contributed by atoms with van der Waals surface area (Å²) in [7, 11) is 1.44. The largest absolute Gasteiger partial charge is 0.494 e. The highest BCUT2D eigenvalue weighted by Gasteiger charge is 2.23. The second kappa shape index (κ2) is 4.16. The molecule has 0 saturated carbocycles. The van der Waals surface area contributed by atoms with E-state index in [1.807, 2.05) is 6.07 Å². The summed E-state index contributed by atoms with van der Waals surface area (Å²) in [4.78, 5) is 0. The van der Waals surface area contributed by atoms with Crippen molar-refractivity contribution in [1.82, 2.24) is 5.32 Å². The van der Waals surface area contributed by atoms with Crippen LogP contribution < -0.4 is 10.1 Å². The summed E-state index contributed by atoms with van der Waals surface area (Å²) in [5.74, 6) is -0.115. The third-order valence-electron chi connectivity index (χ3n) is 2.69. The summed E-state index contributed by atoms with van der Waals surface area (Å²) in [5, 5.41) is 12.5. The minimum atomic E-state index is -0.363. The van der Waals surface area contributed by atoms with E-state index in [0.717, 1.165) is 5.56 Å². The molecule has 1 fully saturated rings. The van der Waals surface area contributed by atoms with E-state index in [-0.39, 0.29) is 23.7 Å². The zero-order chi connectivity index (χ0) is 10.8. The highest BCUT2D eigenvalue weighted by atomic mass is 19.1. The van der Waals surface area contributed by atoms with Crippen LogP contribution in [-0.4, -0.2) is 24.9 Å². The van der Waals surface area contributed by atoms with Gasteiger partial charge in [0.1, 0.15) is 0 Å². The predicted octanol–water partition coefficient (Wildman–Crippen LogP) is 1.23. The molecule has 0 amide bonds. The van der Waals surface area contributed by atoms with Crippen molar-refractivity contribution < 1.29 is 14.2 Å². The fourth-order valence-corrected chi connectivity index (χ4v) is 1.87. The molecule has 0 radical (unpaired) electrons. The number of β-amino-alcohol motifs (C(OH)–C–C–N with tert-alkyl or cyclic N) is 1. The van der Waals surface area contributed by atoms with E-state index >= 15 is 0 Å². The average molecular weight is 211 g/mol. The Morgan fingerprint density at radius 3 is 2.87 bits per heavy atom. The number of nitrogens with one attached hydrogen (secondary N) is 1. The SMILES string of the molecule is COc1ccc(C2CC(O)CN2)cc1F. The van der Waals surface area contributed by atoms with Crippen molar-refractivity contribution in [2.75, 3.05) is 13.7 Å². The molecule has 1 aliphatic rings. The number of hydrogen-bond acceptors (Lipinski definition) is 3. The Kier molecular flexibility index (Phi) is 2.88. The number of aliphatic hydroxyl groups excluding tert-OH is 1. The van der Waals surface area contributed by atoms with Crippen molar-refractivity contribution >= 4 is 0 Å². The van der Waals surface area contributed by atoms with Gasteiger partial charge in [-0.15, -0.1) is 0 Å². The number of methoxy groups -OCH3 is 1. The fraction of sp³-hybridized carbons (Fsp3) is 0.455. The minimum Gasteiger partial charge on any atom is -0.494 e. The second-order valence-corrected chi connectivity index (χ2v) is 3.74. The van der Waals surface area contributed by atoms with Crippen molar-refractivity contribution in [1.29, 1.82) is 0 Å². The van der Waals surface area contributed by atoms with Crippen LogP contribution in [0, 0.1) is 5.82 Å². The Labute approximate surface area is 87.9 Å². The zero-order valence-corrected chi connectivity index (χ0v) is 8.53. The van der Waals surface area contributed by atoms with Crippen LogP contribution in [0.5, 0.6) is 5.75 Å². The van der Waals surface area contributed by atoms with Gasteiger partial charge >= 0.3 is 0 Å². The first-order valence-corrected chi connectivity index (χ1v) is 4.95. The maximum Gasteiger partial charge on any atom is 0.165 e. The van der Waals surface area contributed by atoms with Gasteiger partial charge in [-0.05, 0) is 24.1 Å². The molecule has 3 nitrogen and oxygen atoms in total. The molecule has 1 heterocycles.